The number of aryl methyl sites for hydroxylation is 1. The lowest BCUT2D eigenvalue weighted by molar-refractivity contribution is 0.102. The molecule has 7 nitrogen and oxygen atoms in total. The molecule has 0 unspecified atom stereocenters. The van der Waals surface area contributed by atoms with Crippen molar-refractivity contribution in [2.75, 3.05) is 6.54 Å². The summed E-state index contributed by atoms with van der Waals surface area (Å²) in [4.78, 5) is 16.1. The standard InChI is InChI=1S/C10H14N6O/c1-2-15-6-4-12-10(15)9(17)8-7-16(5-3-11)14-13-8/h4,6-7H,2-3,5,11H2,1H3. The molecule has 0 aliphatic rings. The molecule has 90 valence electrons. The monoisotopic (exact) mass is 234 g/mol. The summed E-state index contributed by atoms with van der Waals surface area (Å²) in [5.41, 5.74) is 5.69. The average molecular weight is 234 g/mol. The number of hydrogen-bond acceptors (Lipinski definition) is 5. The van der Waals surface area contributed by atoms with E-state index in [1.165, 1.54) is 0 Å². The molecule has 0 aliphatic heterocycles. The lowest BCUT2D eigenvalue weighted by atomic mass is 10.3. The van der Waals surface area contributed by atoms with Crippen molar-refractivity contribution in [1.29, 1.82) is 0 Å². The Bertz CT molecular complexity index is 514. The Hall–Kier alpha value is -2.02. The van der Waals surface area contributed by atoms with Crippen LogP contribution in [0.2, 0.25) is 0 Å². The second-order valence-corrected chi connectivity index (χ2v) is 3.52. The van der Waals surface area contributed by atoms with Crippen molar-refractivity contribution in [3.8, 4) is 0 Å². The molecule has 0 aliphatic carbocycles. The first-order valence-electron chi connectivity index (χ1n) is 5.42. The number of nitrogens with zero attached hydrogens (tertiary/aromatic N) is 5. The van der Waals surface area contributed by atoms with Crippen molar-refractivity contribution in [3.05, 3.63) is 30.1 Å². The Morgan fingerprint density at radius 1 is 1.53 bits per heavy atom. The fourth-order valence-electron chi connectivity index (χ4n) is 1.53. The molecule has 0 radical (unpaired) electrons. The molecule has 17 heavy (non-hydrogen) atoms. The number of hydrogen-bond donors (Lipinski definition) is 1. The summed E-state index contributed by atoms with van der Waals surface area (Å²) in [5, 5.41) is 7.64. The first-order chi connectivity index (χ1) is 8.26. The first-order valence-corrected chi connectivity index (χ1v) is 5.42. The highest BCUT2D eigenvalue weighted by atomic mass is 16.1. The molecular weight excluding hydrogens is 220 g/mol. The van der Waals surface area contributed by atoms with Crippen molar-refractivity contribution >= 4 is 5.78 Å². The minimum Gasteiger partial charge on any atom is -0.329 e. The Morgan fingerprint density at radius 2 is 2.35 bits per heavy atom. The van der Waals surface area contributed by atoms with Crippen molar-refractivity contribution in [3.63, 3.8) is 0 Å². The van der Waals surface area contributed by atoms with Crippen LogP contribution in [0.4, 0.5) is 0 Å². The van der Waals surface area contributed by atoms with Gasteiger partial charge in [-0.1, -0.05) is 5.21 Å². The molecule has 0 aromatic carbocycles. The van der Waals surface area contributed by atoms with Gasteiger partial charge in [0.05, 0.1) is 12.7 Å². The summed E-state index contributed by atoms with van der Waals surface area (Å²) >= 11 is 0. The van der Waals surface area contributed by atoms with Gasteiger partial charge in [0.1, 0.15) is 0 Å². The molecule has 0 saturated heterocycles. The van der Waals surface area contributed by atoms with E-state index in [1.807, 2.05) is 6.92 Å². The van der Waals surface area contributed by atoms with E-state index in [0.717, 1.165) is 0 Å². The van der Waals surface area contributed by atoms with Crippen LogP contribution in [0.5, 0.6) is 0 Å². The smallest absolute Gasteiger partial charge is 0.250 e. The molecule has 2 heterocycles. The zero-order valence-electron chi connectivity index (χ0n) is 9.58. The predicted octanol–water partition coefficient (Wildman–Crippen LogP) is -0.316. The summed E-state index contributed by atoms with van der Waals surface area (Å²) < 4.78 is 3.32. The second kappa shape index (κ2) is 4.88. The third-order valence-electron chi connectivity index (χ3n) is 2.39. The minimum absolute atomic E-state index is 0.222. The SMILES string of the molecule is CCn1ccnc1C(=O)c1cn(CCN)nn1. The Morgan fingerprint density at radius 3 is 3.06 bits per heavy atom. The van der Waals surface area contributed by atoms with Gasteiger partial charge in [-0.05, 0) is 6.92 Å². The molecule has 0 bridgehead atoms. The van der Waals surface area contributed by atoms with E-state index in [-0.39, 0.29) is 5.78 Å². The molecule has 0 spiro atoms. The fraction of sp³-hybridized carbons (Fsp3) is 0.400. The quantitative estimate of drug-likeness (QED) is 0.716. The average Bonchev–Trinajstić information content (AvgIpc) is 2.96. The molecule has 0 fully saturated rings. The molecule has 0 saturated carbocycles. The number of carbonyl (C=O) groups is 1. The van der Waals surface area contributed by atoms with Crippen LogP contribution in [0.25, 0.3) is 0 Å². The Kier molecular flexibility index (Phi) is 3.29. The van der Waals surface area contributed by atoms with Crippen LogP contribution in [-0.2, 0) is 13.1 Å². The highest BCUT2D eigenvalue weighted by molar-refractivity contribution is 6.05. The predicted molar refractivity (Wildman–Crippen MR) is 60.4 cm³/mol. The topological polar surface area (TPSA) is 91.6 Å². The minimum atomic E-state index is -0.222. The zero-order valence-corrected chi connectivity index (χ0v) is 9.58. The molecule has 2 aromatic rings. The first kappa shape index (κ1) is 11.5. The van der Waals surface area contributed by atoms with E-state index >= 15 is 0 Å². The van der Waals surface area contributed by atoms with Gasteiger partial charge in [-0.3, -0.25) is 9.48 Å². The van der Waals surface area contributed by atoms with Gasteiger partial charge in [0.15, 0.2) is 11.5 Å². The van der Waals surface area contributed by atoms with Crippen LogP contribution in [0.3, 0.4) is 0 Å². The van der Waals surface area contributed by atoms with E-state index in [0.29, 0.717) is 31.2 Å². The van der Waals surface area contributed by atoms with Gasteiger partial charge in [-0.15, -0.1) is 5.10 Å². The van der Waals surface area contributed by atoms with E-state index in [2.05, 4.69) is 15.3 Å². The molecule has 2 rings (SSSR count). The van der Waals surface area contributed by atoms with Gasteiger partial charge in [0, 0.05) is 25.5 Å². The lowest BCUT2D eigenvalue weighted by Crippen LogP contribution is -2.11. The van der Waals surface area contributed by atoms with E-state index in [9.17, 15) is 4.79 Å². The normalized spacial score (nSPS) is 10.7. The molecule has 2 N–H and O–H groups in total. The summed E-state index contributed by atoms with van der Waals surface area (Å²) in [6, 6.07) is 0. The maximum Gasteiger partial charge on any atom is 0.250 e. The third kappa shape index (κ3) is 2.23. The summed E-state index contributed by atoms with van der Waals surface area (Å²) in [5.74, 6) is 0.160. The van der Waals surface area contributed by atoms with Gasteiger partial charge in [-0.25, -0.2) is 4.98 Å². The van der Waals surface area contributed by atoms with Gasteiger partial charge < -0.3 is 10.3 Å². The van der Waals surface area contributed by atoms with Crippen molar-refractivity contribution in [2.24, 2.45) is 5.73 Å². The van der Waals surface area contributed by atoms with Crippen LogP contribution in [-0.4, -0.2) is 36.9 Å². The highest BCUT2D eigenvalue weighted by Gasteiger charge is 2.17. The molecule has 0 atom stereocenters. The summed E-state index contributed by atoms with van der Waals surface area (Å²) in [6.07, 6.45) is 4.95. The highest BCUT2D eigenvalue weighted by Crippen LogP contribution is 2.05. The van der Waals surface area contributed by atoms with Crippen LogP contribution in [0.1, 0.15) is 23.2 Å². The van der Waals surface area contributed by atoms with Crippen LogP contribution in [0, 0.1) is 0 Å². The van der Waals surface area contributed by atoms with Gasteiger partial charge in [0.25, 0.3) is 0 Å². The summed E-state index contributed by atoms with van der Waals surface area (Å²) in [6.45, 7) is 3.64. The van der Waals surface area contributed by atoms with E-state index < -0.39 is 0 Å². The number of rotatable bonds is 5. The summed E-state index contributed by atoms with van der Waals surface area (Å²) in [7, 11) is 0. The largest absolute Gasteiger partial charge is 0.329 e. The number of ketones is 1. The number of aromatic nitrogens is 5. The molecular formula is C10H14N6O. The van der Waals surface area contributed by atoms with Crippen molar-refractivity contribution < 1.29 is 4.79 Å². The third-order valence-corrected chi connectivity index (χ3v) is 2.39. The molecule has 7 heteroatoms. The maximum atomic E-state index is 12.1. The van der Waals surface area contributed by atoms with Crippen LogP contribution < -0.4 is 5.73 Å². The maximum absolute atomic E-state index is 12.1. The molecule has 0 amide bonds. The van der Waals surface area contributed by atoms with Crippen LogP contribution >= 0.6 is 0 Å². The van der Waals surface area contributed by atoms with E-state index in [4.69, 9.17) is 5.73 Å². The zero-order chi connectivity index (χ0) is 12.3. The second-order valence-electron chi connectivity index (χ2n) is 3.52. The number of imidazole rings is 1. The van der Waals surface area contributed by atoms with Gasteiger partial charge in [-0.2, -0.15) is 0 Å². The van der Waals surface area contributed by atoms with Crippen molar-refractivity contribution in [2.45, 2.75) is 20.0 Å². The fourth-order valence-corrected chi connectivity index (χ4v) is 1.53. The number of carbonyl (C=O) groups excluding carboxylic acids is 1. The van der Waals surface area contributed by atoms with Crippen LogP contribution in [0.15, 0.2) is 18.6 Å². The lowest BCUT2D eigenvalue weighted by Gasteiger charge is -2.00. The van der Waals surface area contributed by atoms with E-state index in [1.54, 1.807) is 27.8 Å². The van der Waals surface area contributed by atoms with Gasteiger partial charge in [0.2, 0.25) is 5.78 Å². The van der Waals surface area contributed by atoms with Crippen molar-refractivity contribution in [1.82, 2.24) is 24.5 Å². The van der Waals surface area contributed by atoms with Gasteiger partial charge >= 0.3 is 0 Å². The molecule has 2 aromatic heterocycles. The Labute approximate surface area is 98.2 Å². The number of nitrogens with two attached hydrogens (primary N) is 1. The Balaban J connectivity index is 2.24.